The number of ketones is 1. The lowest BCUT2D eigenvalue weighted by molar-refractivity contribution is 0.0836. The van der Waals surface area contributed by atoms with Crippen molar-refractivity contribution in [1.82, 2.24) is 19.7 Å². The van der Waals surface area contributed by atoms with Gasteiger partial charge >= 0.3 is 0 Å². The number of hydrogen-bond acceptors (Lipinski definition) is 6. The van der Waals surface area contributed by atoms with Gasteiger partial charge in [-0.1, -0.05) is 17.7 Å². The maximum absolute atomic E-state index is 13.2. The van der Waals surface area contributed by atoms with Gasteiger partial charge in [-0.05, 0) is 42.2 Å². The van der Waals surface area contributed by atoms with Gasteiger partial charge in [0.05, 0.1) is 16.8 Å². The van der Waals surface area contributed by atoms with E-state index in [0.717, 1.165) is 35.9 Å². The Balaban J connectivity index is 1.30. The molecule has 3 heterocycles. The van der Waals surface area contributed by atoms with Crippen LogP contribution in [0, 0.1) is 5.95 Å². The third-order valence-corrected chi connectivity index (χ3v) is 6.31. The first-order chi connectivity index (χ1) is 15.9. The van der Waals surface area contributed by atoms with Crippen molar-refractivity contribution in [1.29, 1.82) is 0 Å². The van der Waals surface area contributed by atoms with Crippen LogP contribution in [0.5, 0.6) is 5.75 Å². The Kier molecular flexibility index (Phi) is 7.37. The van der Waals surface area contributed by atoms with Gasteiger partial charge < -0.3 is 9.84 Å². The van der Waals surface area contributed by atoms with Crippen molar-refractivity contribution >= 4 is 17.4 Å². The number of carbonyl (C=O) groups is 1. The number of carbonyl (C=O) groups excluding carboxylic acids is 1. The van der Waals surface area contributed by atoms with E-state index in [0.29, 0.717) is 36.9 Å². The minimum atomic E-state index is -0.683. The second-order valence-electron chi connectivity index (χ2n) is 8.22. The summed E-state index contributed by atoms with van der Waals surface area (Å²) in [4.78, 5) is 17.8. The SMILES string of the molecule is Cn1nccc1COc1ccc2c(c1Cl)CCN(C[C@@H](O)CCC(=O)c1ccnc(F)c1)C2. The predicted molar refractivity (Wildman–Crippen MR) is 122 cm³/mol. The van der Waals surface area contributed by atoms with Crippen LogP contribution in [0.2, 0.25) is 5.02 Å². The van der Waals surface area contributed by atoms with Crippen LogP contribution >= 0.6 is 11.6 Å². The zero-order valence-electron chi connectivity index (χ0n) is 18.4. The van der Waals surface area contributed by atoms with Crippen LogP contribution in [0.3, 0.4) is 0 Å². The molecule has 4 rings (SSSR count). The first kappa shape index (κ1) is 23.4. The number of Topliss-reactive ketones (excluding diaryl/α,β-unsaturated/α-hetero) is 1. The quantitative estimate of drug-likeness (QED) is 0.379. The average molecular weight is 473 g/mol. The van der Waals surface area contributed by atoms with Gasteiger partial charge in [0.25, 0.3) is 0 Å². The summed E-state index contributed by atoms with van der Waals surface area (Å²) in [5, 5.41) is 15.2. The van der Waals surface area contributed by atoms with Gasteiger partial charge in [0.1, 0.15) is 12.4 Å². The largest absolute Gasteiger partial charge is 0.486 e. The Labute approximate surface area is 196 Å². The van der Waals surface area contributed by atoms with Gasteiger partial charge in [-0.3, -0.25) is 14.4 Å². The molecule has 0 amide bonds. The fourth-order valence-corrected chi connectivity index (χ4v) is 4.35. The van der Waals surface area contributed by atoms with Crippen LogP contribution in [0.1, 0.15) is 40.0 Å². The number of hydrogen-bond donors (Lipinski definition) is 1. The van der Waals surface area contributed by atoms with Crippen LogP contribution in [-0.2, 0) is 26.6 Å². The van der Waals surface area contributed by atoms with E-state index < -0.39 is 12.1 Å². The maximum atomic E-state index is 13.2. The molecule has 0 aliphatic carbocycles. The summed E-state index contributed by atoms with van der Waals surface area (Å²) in [6.07, 6.45) is 3.56. The van der Waals surface area contributed by atoms with Gasteiger partial charge in [0, 0.05) is 57.1 Å². The molecule has 33 heavy (non-hydrogen) atoms. The van der Waals surface area contributed by atoms with Crippen molar-refractivity contribution in [2.24, 2.45) is 7.05 Å². The smallest absolute Gasteiger partial charge is 0.213 e. The van der Waals surface area contributed by atoms with Gasteiger partial charge in [-0.25, -0.2) is 4.98 Å². The molecule has 1 aromatic carbocycles. The molecule has 1 aliphatic heterocycles. The Morgan fingerprint density at radius 3 is 2.91 bits per heavy atom. The average Bonchev–Trinajstić information content (AvgIpc) is 3.21. The van der Waals surface area contributed by atoms with Crippen LogP contribution < -0.4 is 4.74 Å². The van der Waals surface area contributed by atoms with E-state index >= 15 is 0 Å². The summed E-state index contributed by atoms with van der Waals surface area (Å²) >= 11 is 6.63. The maximum Gasteiger partial charge on any atom is 0.213 e. The van der Waals surface area contributed by atoms with Crippen molar-refractivity contribution < 1.29 is 19.0 Å². The molecule has 1 atom stereocenters. The van der Waals surface area contributed by atoms with Gasteiger partial charge in [0.2, 0.25) is 5.95 Å². The number of pyridine rings is 1. The fraction of sp³-hybridized carbons (Fsp3) is 0.375. The number of aromatic nitrogens is 3. The second kappa shape index (κ2) is 10.4. The summed E-state index contributed by atoms with van der Waals surface area (Å²) < 4.78 is 20.9. The first-order valence-electron chi connectivity index (χ1n) is 10.9. The Morgan fingerprint density at radius 1 is 1.30 bits per heavy atom. The summed E-state index contributed by atoms with van der Waals surface area (Å²) in [6, 6.07) is 8.40. The molecule has 7 nitrogen and oxygen atoms in total. The minimum Gasteiger partial charge on any atom is -0.486 e. The third-order valence-electron chi connectivity index (χ3n) is 5.90. The molecule has 9 heteroatoms. The molecule has 0 fully saturated rings. The molecule has 1 aliphatic rings. The molecule has 3 aromatic rings. The summed E-state index contributed by atoms with van der Waals surface area (Å²) in [5.74, 6) is -0.237. The highest BCUT2D eigenvalue weighted by molar-refractivity contribution is 6.33. The summed E-state index contributed by atoms with van der Waals surface area (Å²) in [5.41, 5.74) is 3.41. The summed E-state index contributed by atoms with van der Waals surface area (Å²) in [7, 11) is 1.87. The number of aryl methyl sites for hydroxylation is 1. The number of benzene rings is 1. The summed E-state index contributed by atoms with van der Waals surface area (Å²) in [6.45, 7) is 2.25. The number of fused-ring (bicyclic) bond motifs is 1. The fourth-order valence-electron chi connectivity index (χ4n) is 4.02. The van der Waals surface area contributed by atoms with Gasteiger partial charge in [0.15, 0.2) is 5.78 Å². The van der Waals surface area contributed by atoms with E-state index in [1.54, 1.807) is 10.9 Å². The number of halogens is 2. The number of aliphatic hydroxyl groups excluding tert-OH is 1. The van der Waals surface area contributed by atoms with Crippen LogP contribution in [0.25, 0.3) is 0 Å². The lowest BCUT2D eigenvalue weighted by Crippen LogP contribution is -2.37. The Bertz CT molecular complexity index is 1140. The molecule has 0 saturated carbocycles. The van der Waals surface area contributed by atoms with Crippen molar-refractivity contribution in [2.75, 3.05) is 13.1 Å². The van der Waals surface area contributed by atoms with E-state index in [1.165, 1.54) is 12.3 Å². The molecule has 0 bridgehead atoms. The standard InChI is InChI=1S/C24H26ClFN4O3/c1-29-18(7-10-28-29)15-33-22-5-2-17-13-30(11-8-20(17)24(22)25)14-19(31)3-4-21(32)16-6-9-27-23(26)12-16/h2,5-7,9-10,12,19,31H,3-4,8,11,13-15H2,1H3/t19-/m0/s1. The molecule has 0 spiro atoms. The zero-order chi connectivity index (χ0) is 23.4. The van der Waals surface area contributed by atoms with Crippen LogP contribution in [-0.4, -0.2) is 49.7 Å². The van der Waals surface area contributed by atoms with E-state index in [-0.39, 0.29) is 17.8 Å². The molecule has 2 aromatic heterocycles. The zero-order valence-corrected chi connectivity index (χ0v) is 19.1. The number of nitrogens with zero attached hydrogens (tertiary/aromatic N) is 4. The number of rotatable bonds is 9. The number of β-amino-alcohol motifs (C(OH)–C–C–N with tert-alkyl or cyclic N) is 1. The monoisotopic (exact) mass is 472 g/mol. The topological polar surface area (TPSA) is 80.5 Å². The highest BCUT2D eigenvalue weighted by atomic mass is 35.5. The lowest BCUT2D eigenvalue weighted by atomic mass is 9.98. The van der Waals surface area contributed by atoms with Gasteiger partial charge in [-0.15, -0.1) is 0 Å². The van der Waals surface area contributed by atoms with Crippen molar-refractivity contribution in [3.8, 4) is 5.75 Å². The van der Waals surface area contributed by atoms with Crippen molar-refractivity contribution in [3.63, 3.8) is 0 Å². The Morgan fingerprint density at radius 2 is 2.15 bits per heavy atom. The highest BCUT2D eigenvalue weighted by Gasteiger charge is 2.23. The molecule has 0 saturated heterocycles. The lowest BCUT2D eigenvalue weighted by Gasteiger charge is -2.31. The third kappa shape index (κ3) is 5.76. The normalized spacial score (nSPS) is 14.7. The molecule has 1 N–H and O–H groups in total. The first-order valence-corrected chi connectivity index (χ1v) is 11.2. The van der Waals surface area contributed by atoms with Crippen LogP contribution in [0.4, 0.5) is 4.39 Å². The minimum absolute atomic E-state index is 0.151. The number of ether oxygens (including phenoxy) is 1. The van der Waals surface area contributed by atoms with Gasteiger partial charge in [-0.2, -0.15) is 9.49 Å². The van der Waals surface area contributed by atoms with E-state index in [9.17, 15) is 14.3 Å². The van der Waals surface area contributed by atoms with E-state index in [4.69, 9.17) is 16.3 Å². The molecule has 174 valence electrons. The van der Waals surface area contributed by atoms with E-state index in [1.807, 2.05) is 25.2 Å². The molecule has 0 radical (unpaired) electrons. The van der Waals surface area contributed by atoms with E-state index in [2.05, 4.69) is 15.0 Å². The highest BCUT2D eigenvalue weighted by Crippen LogP contribution is 2.34. The van der Waals surface area contributed by atoms with Crippen molar-refractivity contribution in [2.45, 2.75) is 38.5 Å². The molecule has 0 unspecified atom stereocenters. The van der Waals surface area contributed by atoms with Crippen LogP contribution in [0.15, 0.2) is 42.7 Å². The Hall–Kier alpha value is -2.81. The van der Waals surface area contributed by atoms with Crippen molar-refractivity contribution in [3.05, 3.63) is 76.1 Å². The molecular weight excluding hydrogens is 447 g/mol. The molecular formula is C24H26ClFN4O3. The number of aliphatic hydroxyl groups is 1. The second-order valence-corrected chi connectivity index (χ2v) is 8.60. The predicted octanol–water partition coefficient (Wildman–Crippen LogP) is 3.57.